The second-order valence-electron chi connectivity index (χ2n) is 2.75. The van der Waals surface area contributed by atoms with Crippen molar-refractivity contribution in [3.8, 4) is 5.75 Å². The van der Waals surface area contributed by atoms with Crippen LogP contribution in [0.2, 0.25) is 0 Å². The molecule has 0 aromatic heterocycles. The molecule has 0 unspecified atom stereocenters. The minimum atomic E-state index is -1.59. The summed E-state index contributed by atoms with van der Waals surface area (Å²) in [4.78, 5) is 10.4. The summed E-state index contributed by atoms with van der Waals surface area (Å²) in [7, 11) is 0. The van der Waals surface area contributed by atoms with Crippen molar-refractivity contribution in [2.75, 3.05) is 0 Å². The summed E-state index contributed by atoms with van der Waals surface area (Å²) in [5.41, 5.74) is 1.02. The number of carbonyl (C=O) groups is 1. The molecule has 0 heterocycles. The molecule has 1 N–H and O–H groups in total. The Bertz CT molecular complexity index is 313. The number of rotatable bonds is 1. The second-order valence-corrected chi connectivity index (χ2v) is 2.75. The largest absolute Gasteiger partial charge is 0.507 e. The van der Waals surface area contributed by atoms with E-state index in [1.54, 1.807) is 19.9 Å². The number of carbonyl (C=O) groups excluding carboxylic acids is 1. The molecular weight excluding hydrogens is 406 g/mol. The van der Waals surface area contributed by atoms with Crippen LogP contribution in [0.3, 0.4) is 0 Å². The van der Waals surface area contributed by atoms with E-state index in [0.717, 1.165) is 5.56 Å². The third-order valence-corrected chi connectivity index (χ3v) is 1.66. The number of hydrogen-bond donors (Lipinski definition) is 1. The molecule has 0 bridgehead atoms. The van der Waals surface area contributed by atoms with Crippen molar-refractivity contribution in [1.29, 1.82) is 0 Å². The van der Waals surface area contributed by atoms with Crippen LogP contribution in [0.25, 0.3) is 0 Å². The number of aryl methyl sites for hydroxylation is 2. The summed E-state index contributed by atoms with van der Waals surface area (Å²) >= 11 is 0. The van der Waals surface area contributed by atoms with Crippen LogP contribution < -0.4 is 0 Å². The van der Waals surface area contributed by atoms with E-state index in [-0.39, 0.29) is 11.3 Å². The third-order valence-electron chi connectivity index (χ3n) is 1.66. The molecule has 0 aliphatic carbocycles. The number of benzene rings is 1. The summed E-state index contributed by atoms with van der Waals surface area (Å²) in [5, 5.41) is 9.18. The summed E-state index contributed by atoms with van der Waals surface area (Å²) in [6, 6.07) is 1.41. The Balaban J connectivity index is 0.00000144. The van der Waals surface area contributed by atoms with Crippen LogP contribution in [0.5, 0.6) is 5.75 Å². The first kappa shape index (κ1) is 10.6. The molecule has 0 atom stereocenters. The molecule has 72 valence electrons. The van der Waals surface area contributed by atoms with Crippen molar-refractivity contribution in [2.45, 2.75) is 13.8 Å². The van der Waals surface area contributed by atoms with Gasteiger partial charge in [-0.15, -0.1) is 0 Å². The minimum Gasteiger partial charge on any atom is -0.507 e. The maximum absolute atomic E-state index is 12.3. The van der Waals surface area contributed by atoms with E-state index in [2.05, 4.69) is 0 Å². The summed E-state index contributed by atoms with van der Waals surface area (Å²) in [6.45, 7) is 3.35. The van der Waals surface area contributed by atoms with E-state index in [9.17, 15) is 14.3 Å². The van der Waals surface area contributed by atoms with E-state index in [4.69, 9.17) is 0 Å². The van der Waals surface area contributed by atoms with E-state index in [0.29, 0.717) is 5.56 Å². The first-order chi connectivity index (χ1) is 5.52. The number of aromatic hydroxyl groups is 1. The van der Waals surface area contributed by atoms with Gasteiger partial charge in [0.15, 0.2) is 0 Å². The summed E-state index contributed by atoms with van der Waals surface area (Å²) in [5.74, 6) is -0.292. The van der Waals surface area contributed by atoms with Gasteiger partial charge in [-0.25, -0.2) is 0 Å². The van der Waals surface area contributed by atoms with Gasteiger partial charge in [0.2, 0.25) is 0 Å². The van der Waals surface area contributed by atoms with Crippen LogP contribution in [0.4, 0.5) is 4.39 Å². The second kappa shape index (κ2) is 3.34. The molecule has 1 rings (SSSR count). The minimum absolute atomic E-state index is 0. The van der Waals surface area contributed by atoms with Gasteiger partial charge in [0.05, 0.1) is 5.56 Å². The fourth-order valence-electron chi connectivity index (χ4n) is 1.20. The zero-order valence-corrected chi connectivity index (χ0v) is 10.2. The zero-order valence-electron chi connectivity index (χ0n) is 7.24. The van der Waals surface area contributed by atoms with Gasteiger partial charge in [0.25, 0.3) is 0 Å². The molecule has 0 radical (unpaired) electrons. The Labute approximate surface area is 69.6 Å². The SMILES string of the molecule is Cc1cc(C)c(C(=O)F)c(O)c1.[Cm]. The van der Waals surface area contributed by atoms with E-state index >= 15 is 0 Å². The van der Waals surface area contributed by atoms with Crippen LogP contribution in [-0.4, -0.2) is 11.1 Å². The van der Waals surface area contributed by atoms with Gasteiger partial charge in [-0.05, 0) is 31.0 Å². The molecule has 4 heteroatoms. The maximum atomic E-state index is 12.3. The van der Waals surface area contributed by atoms with Crippen molar-refractivity contribution in [3.05, 3.63) is 28.8 Å². The van der Waals surface area contributed by atoms with Crippen molar-refractivity contribution in [3.63, 3.8) is 0 Å². The average molecular weight is 415 g/mol. The fraction of sp³-hybridized carbons (Fsp3) is 0.222. The quantitative estimate of drug-likeness (QED) is 0.714. The predicted molar refractivity (Wildman–Crippen MR) is 43.0 cm³/mol. The average Bonchev–Trinajstić information content (AvgIpc) is 1.82. The van der Waals surface area contributed by atoms with E-state index in [1.807, 2.05) is 0 Å². The number of phenolic OH excluding ortho intramolecular Hbond substituents is 1. The Hall–Kier alpha value is -2.38. The molecule has 0 fully saturated rings. The van der Waals surface area contributed by atoms with Crippen LogP contribution in [0.1, 0.15) is 21.5 Å². The van der Waals surface area contributed by atoms with Gasteiger partial charge in [-0.1, -0.05) is 6.07 Å². The Morgan fingerprint density at radius 2 is 1.92 bits per heavy atom. The topological polar surface area (TPSA) is 37.3 Å². The molecule has 0 spiro atoms. The first-order valence-electron chi connectivity index (χ1n) is 3.52. The van der Waals surface area contributed by atoms with Crippen LogP contribution in [0, 0.1) is 13.8 Å². The molecule has 0 amide bonds. The normalized spacial score (nSPS) is 9.15. The zero-order chi connectivity index (χ0) is 9.30. The van der Waals surface area contributed by atoms with Gasteiger partial charge in [0, 0.05) is 0 Å². The number of hydrogen-bond acceptors (Lipinski definition) is 2. The molecular formula is C9H9CmFO2. The van der Waals surface area contributed by atoms with Crippen molar-refractivity contribution >= 4 is 6.04 Å². The van der Waals surface area contributed by atoms with Crippen molar-refractivity contribution < 1.29 is 14.3 Å². The molecule has 0 aliphatic heterocycles. The molecule has 0 saturated carbocycles. The van der Waals surface area contributed by atoms with Crippen molar-refractivity contribution in [1.82, 2.24) is 0 Å². The molecule has 1 aromatic rings. The molecule has 2 nitrogen and oxygen atoms in total. The standard InChI is InChI=1S/C9H9FO2.Cm/c1-5-3-6(2)8(9(10)12)7(11)4-5;/h3-4,11H,1-2H3;. The van der Waals surface area contributed by atoms with Crippen LogP contribution >= 0.6 is 0 Å². The van der Waals surface area contributed by atoms with Crippen LogP contribution in [-0.2, 0) is 0 Å². The number of halogens is 1. The van der Waals surface area contributed by atoms with Crippen molar-refractivity contribution in [2.24, 2.45) is 0 Å². The van der Waals surface area contributed by atoms with E-state index in [1.165, 1.54) is 6.07 Å². The van der Waals surface area contributed by atoms with Gasteiger partial charge < -0.3 is 5.11 Å². The third kappa shape index (κ3) is 1.80. The number of phenols is 1. The summed E-state index contributed by atoms with van der Waals surface area (Å²) < 4.78 is 12.3. The predicted octanol–water partition coefficient (Wildman–Crippen LogP) is 2.12. The first-order valence-corrected chi connectivity index (χ1v) is 3.52. The monoisotopic (exact) mass is 411 g/mol. The maximum Gasteiger partial charge on any atom is 0.336 e. The molecule has 0 saturated heterocycles. The fourth-order valence-corrected chi connectivity index (χ4v) is 1.20. The Morgan fingerprint density at radius 3 is 2.31 bits per heavy atom. The summed E-state index contributed by atoms with van der Waals surface area (Å²) in [6.07, 6.45) is 0. The Kier molecular flexibility index (Phi) is 2.73. The molecule has 1 aromatic carbocycles. The van der Waals surface area contributed by atoms with Gasteiger partial charge >= 0.3 is 6.04 Å². The molecule has 0 aliphatic rings. The van der Waals surface area contributed by atoms with Gasteiger partial charge in [-0.2, -0.15) is 4.39 Å². The van der Waals surface area contributed by atoms with E-state index < -0.39 is 6.04 Å². The van der Waals surface area contributed by atoms with Gasteiger partial charge in [0.1, 0.15) is 5.75 Å². The Morgan fingerprint density at radius 1 is 1.38 bits per heavy atom. The van der Waals surface area contributed by atoms with Crippen LogP contribution in [0.15, 0.2) is 12.1 Å². The molecule has 13 heavy (non-hydrogen) atoms. The van der Waals surface area contributed by atoms with Gasteiger partial charge in [-0.3, -0.25) is 4.79 Å². The smallest absolute Gasteiger partial charge is 0.336 e.